The molecule has 0 spiro atoms. The highest BCUT2D eigenvalue weighted by molar-refractivity contribution is 7.85. The van der Waals surface area contributed by atoms with Crippen LogP contribution in [-0.2, 0) is 26.1 Å². The van der Waals surface area contributed by atoms with Gasteiger partial charge in [-0.05, 0) is 18.9 Å². The molecular formula is C14H25O5PS. The minimum absolute atomic E-state index is 0.0580. The van der Waals surface area contributed by atoms with Crippen LogP contribution in [0.2, 0.25) is 0 Å². The molecule has 1 aromatic rings. The zero-order valence-corrected chi connectivity index (χ0v) is 14.9. The van der Waals surface area contributed by atoms with Crippen molar-refractivity contribution in [1.29, 1.82) is 0 Å². The third-order valence-electron chi connectivity index (χ3n) is 2.07. The molecule has 0 aliphatic heterocycles. The Hall–Kier alpha value is -0.970. The fraction of sp³-hybridized carbons (Fsp3) is 0.500. The van der Waals surface area contributed by atoms with Crippen molar-refractivity contribution >= 4 is 25.3 Å². The molecule has 0 amide bonds. The Bertz CT molecular complexity index is 465. The van der Waals surface area contributed by atoms with E-state index in [0.717, 1.165) is 6.42 Å². The number of benzene rings is 1. The number of carbonyl (C=O) groups is 1. The maximum atomic E-state index is 11.3. The molecule has 2 atom stereocenters. The van der Waals surface area contributed by atoms with Gasteiger partial charge in [-0.25, -0.2) is 0 Å². The van der Waals surface area contributed by atoms with Crippen LogP contribution < -0.4 is 0 Å². The van der Waals surface area contributed by atoms with Crippen LogP contribution in [0.15, 0.2) is 30.3 Å². The van der Waals surface area contributed by atoms with Crippen LogP contribution in [0.4, 0.5) is 0 Å². The maximum absolute atomic E-state index is 11.3. The van der Waals surface area contributed by atoms with E-state index in [2.05, 4.69) is 9.24 Å². The lowest BCUT2D eigenvalue weighted by molar-refractivity contribution is -0.147. The van der Waals surface area contributed by atoms with Crippen LogP contribution in [0.1, 0.15) is 19.4 Å². The molecule has 0 fully saturated rings. The molecule has 0 bridgehead atoms. The summed E-state index contributed by atoms with van der Waals surface area (Å²) < 4.78 is 30.8. The van der Waals surface area contributed by atoms with Gasteiger partial charge in [0.15, 0.2) is 0 Å². The number of esters is 1. The molecular weight excluding hydrogens is 311 g/mol. The Labute approximate surface area is 130 Å². The first kappa shape index (κ1) is 22.3. The Kier molecular flexibility index (Phi) is 13.5. The van der Waals surface area contributed by atoms with E-state index < -0.39 is 10.1 Å². The van der Waals surface area contributed by atoms with E-state index in [1.54, 1.807) is 0 Å². The number of carbonyl (C=O) groups excluding carboxylic acids is 1. The Morgan fingerprint density at radius 3 is 2.10 bits per heavy atom. The van der Waals surface area contributed by atoms with E-state index in [4.69, 9.17) is 9.29 Å². The molecule has 0 aliphatic carbocycles. The van der Waals surface area contributed by atoms with Gasteiger partial charge in [0.1, 0.15) is 0 Å². The normalized spacial score (nSPS) is 11.1. The van der Waals surface area contributed by atoms with Crippen LogP contribution in [0, 0.1) is 5.92 Å². The van der Waals surface area contributed by atoms with Gasteiger partial charge in [-0.15, -0.1) is 9.24 Å². The molecule has 0 saturated heterocycles. The summed E-state index contributed by atoms with van der Waals surface area (Å²) in [5.74, 6) is -0.172. The number of hydrogen-bond acceptors (Lipinski definition) is 4. The van der Waals surface area contributed by atoms with Crippen LogP contribution in [-0.4, -0.2) is 38.5 Å². The van der Waals surface area contributed by atoms with E-state index >= 15 is 0 Å². The summed E-state index contributed by atoms with van der Waals surface area (Å²) in [5, 5.41) is 0. The van der Waals surface area contributed by atoms with Crippen molar-refractivity contribution in [3.05, 3.63) is 35.9 Å². The fourth-order valence-electron chi connectivity index (χ4n) is 1.34. The highest BCUT2D eigenvalue weighted by atomic mass is 32.2. The van der Waals surface area contributed by atoms with Crippen molar-refractivity contribution in [2.75, 3.05) is 19.5 Å². The highest BCUT2D eigenvalue weighted by Crippen LogP contribution is 2.09. The largest absolute Gasteiger partial charge is 0.466 e. The highest BCUT2D eigenvalue weighted by Gasteiger charge is 2.13. The predicted molar refractivity (Wildman–Crippen MR) is 89.0 cm³/mol. The lowest BCUT2D eigenvalue weighted by Crippen LogP contribution is -2.16. The minimum Gasteiger partial charge on any atom is -0.466 e. The number of rotatable bonds is 4. The zero-order chi connectivity index (χ0) is 16.9. The van der Waals surface area contributed by atoms with Gasteiger partial charge in [-0.2, -0.15) is 8.42 Å². The third-order valence-corrected chi connectivity index (χ3v) is 2.07. The van der Waals surface area contributed by atoms with Crippen molar-refractivity contribution in [2.24, 2.45) is 5.92 Å². The molecule has 122 valence electrons. The lowest BCUT2D eigenvalue weighted by Gasteiger charge is -2.09. The van der Waals surface area contributed by atoms with E-state index in [1.807, 2.05) is 50.8 Å². The average Bonchev–Trinajstić information content (AvgIpc) is 2.40. The number of ether oxygens (including phenoxy) is 1. The zero-order valence-electron chi connectivity index (χ0n) is 12.9. The third kappa shape index (κ3) is 17.0. The summed E-state index contributed by atoms with van der Waals surface area (Å²) in [6, 6.07) is 9.98. The summed E-state index contributed by atoms with van der Waals surface area (Å²) in [4.78, 5) is 11.3. The standard InChI is InChI=1S/C12H16O2.CH4O3S.CH5P/c1-3-14-12(13)10(2)9-11-7-5-4-6-8-11;1-5(2,3)4;1-2/h4-8,10H,3,9H2,1-2H3;1H3,(H,2,3,4);2H2,1H3. The van der Waals surface area contributed by atoms with Gasteiger partial charge in [-0.3, -0.25) is 9.35 Å². The van der Waals surface area contributed by atoms with Crippen molar-refractivity contribution in [2.45, 2.75) is 20.3 Å². The molecule has 1 aromatic carbocycles. The van der Waals surface area contributed by atoms with E-state index in [1.165, 1.54) is 5.56 Å². The van der Waals surface area contributed by atoms with Crippen LogP contribution in [0.3, 0.4) is 0 Å². The van der Waals surface area contributed by atoms with Crippen molar-refractivity contribution < 1.29 is 22.5 Å². The van der Waals surface area contributed by atoms with Crippen LogP contribution in [0.25, 0.3) is 0 Å². The number of hydrogen-bond donors (Lipinski definition) is 1. The molecule has 1 N–H and O–H groups in total. The smallest absolute Gasteiger partial charge is 0.308 e. The van der Waals surface area contributed by atoms with Gasteiger partial charge in [-0.1, -0.05) is 43.9 Å². The second-order valence-corrected chi connectivity index (χ2v) is 5.54. The minimum atomic E-state index is -3.67. The second kappa shape index (κ2) is 12.7. The summed E-state index contributed by atoms with van der Waals surface area (Å²) in [6.45, 7) is 6.09. The molecule has 0 aromatic heterocycles. The first-order valence-electron chi connectivity index (χ1n) is 6.44. The van der Waals surface area contributed by atoms with E-state index in [9.17, 15) is 13.2 Å². The lowest BCUT2D eigenvalue weighted by atomic mass is 10.0. The second-order valence-electron chi connectivity index (χ2n) is 4.08. The molecule has 2 unspecified atom stereocenters. The van der Waals surface area contributed by atoms with E-state index in [-0.39, 0.29) is 11.9 Å². The summed E-state index contributed by atoms with van der Waals surface area (Å²) in [6.07, 6.45) is 1.46. The van der Waals surface area contributed by atoms with Crippen molar-refractivity contribution in [3.63, 3.8) is 0 Å². The quantitative estimate of drug-likeness (QED) is 0.519. The first-order chi connectivity index (χ1) is 9.74. The Balaban J connectivity index is 0. The maximum Gasteiger partial charge on any atom is 0.308 e. The topological polar surface area (TPSA) is 80.7 Å². The molecule has 1 rings (SSSR count). The average molecular weight is 336 g/mol. The summed E-state index contributed by atoms with van der Waals surface area (Å²) >= 11 is 0. The molecule has 0 heterocycles. The first-order valence-corrected chi connectivity index (χ1v) is 9.45. The van der Waals surface area contributed by atoms with Gasteiger partial charge in [0.05, 0.1) is 18.8 Å². The van der Waals surface area contributed by atoms with Gasteiger partial charge < -0.3 is 4.74 Å². The Morgan fingerprint density at radius 1 is 1.29 bits per heavy atom. The van der Waals surface area contributed by atoms with E-state index in [0.29, 0.717) is 12.9 Å². The molecule has 21 heavy (non-hydrogen) atoms. The van der Waals surface area contributed by atoms with Gasteiger partial charge in [0.2, 0.25) is 0 Å². The molecule has 0 aliphatic rings. The van der Waals surface area contributed by atoms with Gasteiger partial charge in [0, 0.05) is 0 Å². The van der Waals surface area contributed by atoms with Crippen LogP contribution in [0.5, 0.6) is 0 Å². The van der Waals surface area contributed by atoms with Crippen molar-refractivity contribution in [3.8, 4) is 0 Å². The molecule has 7 heteroatoms. The molecule has 5 nitrogen and oxygen atoms in total. The van der Waals surface area contributed by atoms with Gasteiger partial charge in [0.25, 0.3) is 10.1 Å². The molecule has 0 saturated carbocycles. The predicted octanol–water partition coefficient (Wildman–Crippen LogP) is 2.42. The van der Waals surface area contributed by atoms with Crippen molar-refractivity contribution in [1.82, 2.24) is 0 Å². The Morgan fingerprint density at radius 2 is 1.71 bits per heavy atom. The van der Waals surface area contributed by atoms with Crippen LogP contribution >= 0.6 is 9.24 Å². The SMILES string of the molecule is CCOC(=O)C(C)Cc1ccccc1.CP.CS(=O)(=O)O. The summed E-state index contributed by atoms with van der Waals surface area (Å²) in [5.41, 5.74) is 1.17. The summed E-state index contributed by atoms with van der Waals surface area (Å²) in [7, 11) is -1.25. The van der Waals surface area contributed by atoms with Gasteiger partial charge >= 0.3 is 5.97 Å². The monoisotopic (exact) mass is 336 g/mol. The fourth-order valence-corrected chi connectivity index (χ4v) is 1.34. The molecule has 0 radical (unpaired) electrons.